The molecule has 0 nitrogen and oxygen atoms in total. The van der Waals surface area contributed by atoms with Crippen LogP contribution in [0.15, 0.2) is 25.3 Å². The molecule has 0 aliphatic rings. The van der Waals surface area contributed by atoms with Crippen LogP contribution in [0.1, 0.15) is 0 Å². The van der Waals surface area contributed by atoms with E-state index in [2.05, 4.69) is 13.2 Å². The highest BCUT2D eigenvalue weighted by Gasteiger charge is 1.29. The SMILES string of the molecule is C=CC=C.Cl.Cl.Cl.Cl.Cl.Cl. The Balaban J connectivity index is -0.00000000300. The van der Waals surface area contributed by atoms with E-state index in [1.807, 2.05) is 0 Å². The molecule has 0 aliphatic carbocycles. The quantitative estimate of drug-likeness (QED) is 0.636. The summed E-state index contributed by atoms with van der Waals surface area (Å²) < 4.78 is 0. The summed E-state index contributed by atoms with van der Waals surface area (Å²) in [6, 6.07) is 0. The van der Waals surface area contributed by atoms with Crippen LogP contribution in [-0.4, -0.2) is 0 Å². The Labute approximate surface area is 99.4 Å². The van der Waals surface area contributed by atoms with Crippen LogP contribution in [0.2, 0.25) is 0 Å². The average Bonchev–Trinajstić information content (AvgIpc) is 1.37. The number of rotatable bonds is 1. The van der Waals surface area contributed by atoms with Crippen molar-refractivity contribution in [1.82, 2.24) is 0 Å². The van der Waals surface area contributed by atoms with Crippen LogP contribution >= 0.6 is 74.4 Å². The first-order valence-corrected chi connectivity index (χ1v) is 1.15. The summed E-state index contributed by atoms with van der Waals surface area (Å²) in [5.41, 5.74) is 0. The minimum Gasteiger partial charge on any atom is -0.147 e. The highest BCUT2D eigenvalue weighted by molar-refractivity contribution is 5.86. The van der Waals surface area contributed by atoms with Crippen LogP contribution in [0.3, 0.4) is 0 Å². The van der Waals surface area contributed by atoms with E-state index in [-0.39, 0.29) is 74.4 Å². The molecule has 0 atom stereocenters. The Bertz CT molecular complexity index is 30.7. The van der Waals surface area contributed by atoms with E-state index in [9.17, 15) is 0 Å². The maximum Gasteiger partial charge on any atom is -0.0701 e. The van der Waals surface area contributed by atoms with E-state index in [4.69, 9.17) is 0 Å². The minimum atomic E-state index is 0. The third-order valence-corrected chi connectivity index (χ3v) is 0.167. The first-order valence-electron chi connectivity index (χ1n) is 1.15. The highest BCUT2D eigenvalue weighted by Crippen LogP contribution is 1.52. The molecule has 0 saturated carbocycles. The lowest BCUT2D eigenvalue weighted by molar-refractivity contribution is 2.15. The molecule has 0 unspecified atom stereocenters. The molecule has 0 amide bonds. The first kappa shape index (κ1) is 65.8. The van der Waals surface area contributed by atoms with Gasteiger partial charge in [-0.25, -0.2) is 0 Å². The lowest BCUT2D eigenvalue weighted by Gasteiger charge is -1.44. The summed E-state index contributed by atoms with van der Waals surface area (Å²) in [6.07, 6.45) is 3.28. The predicted octanol–water partition coefficient (Wildman–Crippen LogP) is 3.89. The summed E-state index contributed by atoms with van der Waals surface area (Å²) in [5, 5.41) is 0. The van der Waals surface area contributed by atoms with Gasteiger partial charge in [0, 0.05) is 0 Å². The summed E-state index contributed by atoms with van der Waals surface area (Å²) in [7, 11) is 0. The van der Waals surface area contributed by atoms with Crippen molar-refractivity contribution in [2.75, 3.05) is 0 Å². The number of hydrogen-bond acceptors (Lipinski definition) is 0. The van der Waals surface area contributed by atoms with Gasteiger partial charge in [-0.2, -0.15) is 0 Å². The molecular formula is C4H12Cl6. The molecule has 70 valence electrons. The molecule has 0 heterocycles. The second-order valence-electron chi connectivity index (χ2n) is 0.471. The van der Waals surface area contributed by atoms with Crippen LogP contribution in [0, 0.1) is 0 Å². The maximum atomic E-state index is 3.36. The van der Waals surface area contributed by atoms with Crippen LogP contribution in [0.25, 0.3) is 0 Å². The molecule has 0 aromatic rings. The Morgan fingerprint density at radius 2 is 0.600 bits per heavy atom. The molecule has 6 heteroatoms. The van der Waals surface area contributed by atoms with Crippen LogP contribution in [-0.2, 0) is 0 Å². The van der Waals surface area contributed by atoms with Gasteiger partial charge in [0.1, 0.15) is 0 Å². The Morgan fingerprint density at radius 3 is 0.600 bits per heavy atom. The monoisotopic (exact) mass is 270 g/mol. The van der Waals surface area contributed by atoms with E-state index >= 15 is 0 Å². The smallest absolute Gasteiger partial charge is 0.0701 e. The fourth-order valence-electron chi connectivity index (χ4n) is 0. The molecule has 0 saturated heterocycles. The molecule has 0 spiro atoms. The Hall–Kier alpha value is 1.22. The minimum absolute atomic E-state index is 0. The molecule has 0 N–H and O–H groups in total. The van der Waals surface area contributed by atoms with E-state index < -0.39 is 0 Å². The van der Waals surface area contributed by atoms with Crippen molar-refractivity contribution < 1.29 is 0 Å². The lowest BCUT2D eigenvalue weighted by Crippen LogP contribution is -1.21. The molecule has 0 radical (unpaired) electrons. The van der Waals surface area contributed by atoms with Crippen molar-refractivity contribution in [3.8, 4) is 0 Å². The van der Waals surface area contributed by atoms with Gasteiger partial charge in [-0.05, 0) is 0 Å². The predicted molar refractivity (Wildman–Crippen MR) is 63.9 cm³/mol. The van der Waals surface area contributed by atoms with Gasteiger partial charge < -0.3 is 0 Å². The van der Waals surface area contributed by atoms with Crippen LogP contribution < -0.4 is 0 Å². The van der Waals surface area contributed by atoms with Gasteiger partial charge in [-0.1, -0.05) is 25.3 Å². The number of halogens is 6. The van der Waals surface area contributed by atoms with Gasteiger partial charge in [0.25, 0.3) is 0 Å². The average molecular weight is 273 g/mol. The summed E-state index contributed by atoms with van der Waals surface area (Å²) in [5.74, 6) is 0. The molecule has 0 bridgehead atoms. The standard InChI is InChI=1S/C4H6.6ClH/c1-3-4-2;;;;;;/h3-4H,1-2H2;6*1H. The number of hydrogen-bond donors (Lipinski definition) is 0. The zero-order valence-corrected chi connectivity index (χ0v) is 9.92. The molecule has 0 aliphatic heterocycles. The second-order valence-corrected chi connectivity index (χ2v) is 0.471. The number of allylic oxidation sites excluding steroid dienone is 2. The van der Waals surface area contributed by atoms with Crippen molar-refractivity contribution >= 4 is 74.4 Å². The van der Waals surface area contributed by atoms with Gasteiger partial charge in [-0.3, -0.25) is 0 Å². The Morgan fingerprint density at radius 1 is 0.500 bits per heavy atom. The molecule has 10 heavy (non-hydrogen) atoms. The normalized spacial score (nSPS) is 2.00. The fourth-order valence-corrected chi connectivity index (χ4v) is 0. The molecule has 0 fully saturated rings. The molecule has 0 aromatic heterocycles. The zero-order chi connectivity index (χ0) is 3.41. The van der Waals surface area contributed by atoms with Crippen molar-refractivity contribution in [1.29, 1.82) is 0 Å². The van der Waals surface area contributed by atoms with Crippen molar-refractivity contribution in [3.63, 3.8) is 0 Å². The summed E-state index contributed by atoms with van der Waals surface area (Å²) in [4.78, 5) is 0. The van der Waals surface area contributed by atoms with Gasteiger partial charge in [-0.15, -0.1) is 74.4 Å². The van der Waals surface area contributed by atoms with Crippen molar-refractivity contribution in [3.05, 3.63) is 25.3 Å². The third kappa shape index (κ3) is 126. The molecular weight excluding hydrogens is 261 g/mol. The van der Waals surface area contributed by atoms with E-state index in [0.29, 0.717) is 0 Å². The van der Waals surface area contributed by atoms with Gasteiger partial charge in [0.15, 0.2) is 0 Å². The third-order valence-electron chi connectivity index (χ3n) is 0.167. The summed E-state index contributed by atoms with van der Waals surface area (Å²) in [6.45, 7) is 6.72. The van der Waals surface area contributed by atoms with Crippen LogP contribution in [0.5, 0.6) is 0 Å². The first-order chi connectivity index (χ1) is 1.91. The topological polar surface area (TPSA) is 0 Å². The van der Waals surface area contributed by atoms with E-state index in [1.54, 1.807) is 12.2 Å². The van der Waals surface area contributed by atoms with Gasteiger partial charge in [0.05, 0.1) is 0 Å². The van der Waals surface area contributed by atoms with Crippen molar-refractivity contribution in [2.24, 2.45) is 0 Å². The van der Waals surface area contributed by atoms with Gasteiger partial charge >= 0.3 is 0 Å². The van der Waals surface area contributed by atoms with Crippen molar-refractivity contribution in [2.45, 2.75) is 0 Å². The van der Waals surface area contributed by atoms with Gasteiger partial charge in [0.2, 0.25) is 0 Å². The van der Waals surface area contributed by atoms with E-state index in [0.717, 1.165) is 0 Å². The Kier molecular flexibility index (Phi) is 551. The largest absolute Gasteiger partial charge is 0.147 e. The lowest BCUT2D eigenvalue weighted by atomic mass is 10.6. The van der Waals surface area contributed by atoms with E-state index in [1.165, 1.54) is 0 Å². The fraction of sp³-hybridized carbons (Fsp3) is 0. The summed E-state index contributed by atoms with van der Waals surface area (Å²) >= 11 is 0. The second kappa shape index (κ2) is 83.8. The van der Waals surface area contributed by atoms with Crippen LogP contribution in [0.4, 0.5) is 0 Å². The molecule has 0 rings (SSSR count). The highest BCUT2D eigenvalue weighted by atomic mass is 35.5. The maximum absolute atomic E-state index is 3.36. The zero-order valence-electron chi connectivity index (χ0n) is 5.02. The molecule has 0 aromatic carbocycles.